The van der Waals surface area contributed by atoms with Crippen molar-refractivity contribution in [2.24, 2.45) is 0 Å². The van der Waals surface area contributed by atoms with Gasteiger partial charge >= 0.3 is 5.97 Å². The van der Waals surface area contributed by atoms with Crippen LogP contribution in [-0.4, -0.2) is 16.2 Å². The molecular formula is C13H12ClNO4. The number of benzene rings is 1. The molecule has 100 valence electrons. The van der Waals surface area contributed by atoms with Crippen LogP contribution in [0, 0.1) is 13.8 Å². The zero-order valence-electron chi connectivity index (χ0n) is 10.4. The lowest BCUT2D eigenvalue weighted by Gasteiger charge is -2.08. The van der Waals surface area contributed by atoms with Gasteiger partial charge in [0.25, 0.3) is 0 Å². The highest BCUT2D eigenvalue weighted by molar-refractivity contribution is 6.30. The molecule has 1 aromatic carbocycles. The van der Waals surface area contributed by atoms with Crippen LogP contribution in [0.25, 0.3) is 0 Å². The maximum Gasteiger partial charge on any atom is 0.358 e. The van der Waals surface area contributed by atoms with Crippen LogP contribution in [0.3, 0.4) is 0 Å². The van der Waals surface area contributed by atoms with Crippen molar-refractivity contribution in [1.29, 1.82) is 0 Å². The summed E-state index contributed by atoms with van der Waals surface area (Å²) in [6.07, 6.45) is 0. The molecule has 2 rings (SSSR count). The summed E-state index contributed by atoms with van der Waals surface area (Å²) in [4.78, 5) is 11.0. The highest BCUT2D eigenvalue weighted by Crippen LogP contribution is 2.24. The Labute approximate surface area is 114 Å². The fourth-order valence-electron chi connectivity index (χ4n) is 1.65. The van der Waals surface area contributed by atoms with Crippen LogP contribution in [0.15, 0.2) is 22.7 Å². The number of ether oxygens (including phenoxy) is 1. The molecule has 1 N–H and O–H groups in total. The minimum atomic E-state index is -1.14. The fourth-order valence-corrected chi connectivity index (χ4v) is 1.88. The summed E-state index contributed by atoms with van der Waals surface area (Å²) >= 11 is 5.85. The molecule has 0 unspecified atom stereocenters. The van der Waals surface area contributed by atoms with Crippen molar-refractivity contribution in [1.82, 2.24) is 5.16 Å². The Morgan fingerprint density at radius 1 is 1.47 bits per heavy atom. The largest absolute Gasteiger partial charge is 0.488 e. The molecule has 0 atom stereocenters. The number of hydrogen-bond donors (Lipinski definition) is 1. The maximum atomic E-state index is 11.0. The third-order valence-corrected chi connectivity index (χ3v) is 2.93. The predicted molar refractivity (Wildman–Crippen MR) is 68.7 cm³/mol. The SMILES string of the molecule is Cc1cc(Cl)ccc1OCc1c(C(=O)O)noc1C. The lowest BCUT2D eigenvalue weighted by molar-refractivity contribution is 0.0683. The van der Waals surface area contributed by atoms with Crippen LogP contribution in [0.5, 0.6) is 5.75 Å². The van der Waals surface area contributed by atoms with E-state index in [-0.39, 0.29) is 12.3 Å². The molecule has 0 saturated heterocycles. The van der Waals surface area contributed by atoms with E-state index in [1.54, 1.807) is 25.1 Å². The second kappa shape index (κ2) is 5.32. The highest BCUT2D eigenvalue weighted by atomic mass is 35.5. The standard InChI is InChI=1S/C13H12ClNO4/c1-7-5-9(14)3-4-11(7)18-6-10-8(2)19-15-12(10)13(16)17/h3-5H,6H2,1-2H3,(H,16,17). The molecule has 0 spiro atoms. The number of carboxylic acid groups (broad SMARTS) is 1. The third-order valence-electron chi connectivity index (χ3n) is 2.70. The first kappa shape index (κ1) is 13.4. The Kier molecular flexibility index (Phi) is 3.76. The van der Waals surface area contributed by atoms with Gasteiger partial charge in [0.1, 0.15) is 18.1 Å². The molecule has 19 heavy (non-hydrogen) atoms. The Morgan fingerprint density at radius 2 is 2.21 bits per heavy atom. The van der Waals surface area contributed by atoms with E-state index in [9.17, 15) is 4.79 Å². The Morgan fingerprint density at radius 3 is 2.84 bits per heavy atom. The number of rotatable bonds is 4. The van der Waals surface area contributed by atoms with Crippen LogP contribution in [-0.2, 0) is 6.61 Å². The average molecular weight is 282 g/mol. The Balaban J connectivity index is 2.19. The fraction of sp³-hybridized carbons (Fsp3) is 0.231. The van der Waals surface area contributed by atoms with E-state index in [1.165, 1.54) is 0 Å². The van der Waals surface area contributed by atoms with Crippen LogP contribution >= 0.6 is 11.6 Å². The molecule has 0 fully saturated rings. The van der Waals surface area contributed by atoms with Gasteiger partial charge in [-0.15, -0.1) is 0 Å². The van der Waals surface area contributed by atoms with Gasteiger partial charge in [0.05, 0.1) is 5.56 Å². The minimum Gasteiger partial charge on any atom is -0.488 e. The quantitative estimate of drug-likeness (QED) is 0.931. The molecule has 0 saturated carbocycles. The smallest absolute Gasteiger partial charge is 0.358 e. The van der Waals surface area contributed by atoms with Crippen molar-refractivity contribution >= 4 is 17.6 Å². The lowest BCUT2D eigenvalue weighted by Crippen LogP contribution is -2.05. The summed E-state index contributed by atoms with van der Waals surface area (Å²) in [5, 5.41) is 13.1. The zero-order chi connectivity index (χ0) is 14.0. The molecule has 0 bridgehead atoms. The monoisotopic (exact) mass is 281 g/mol. The number of nitrogens with zero attached hydrogens (tertiary/aromatic N) is 1. The van der Waals surface area contributed by atoms with Gasteiger partial charge in [-0.1, -0.05) is 16.8 Å². The van der Waals surface area contributed by atoms with Crippen molar-refractivity contribution in [3.05, 3.63) is 45.8 Å². The van der Waals surface area contributed by atoms with E-state index in [0.29, 0.717) is 22.1 Å². The van der Waals surface area contributed by atoms with Crippen LogP contribution < -0.4 is 4.74 Å². The minimum absolute atomic E-state index is 0.0828. The molecule has 5 nitrogen and oxygen atoms in total. The molecule has 1 heterocycles. The van der Waals surface area contributed by atoms with Gasteiger partial charge in [0.15, 0.2) is 5.69 Å². The van der Waals surface area contributed by atoms with Crippen LogP contribution in [0.4, 0.5) is 0 Å². The number of aryl methyl sites for hydroxylation is 2. The summed E-state index contributed by atoms with van der Waals surface area (Å²) in [7, 11) is 0. The molecule has 0 amide bonds. The van der Waals surface area contributed by atoms with Gasteiger partial charge in [-0.3, -0.25) is 0 Å². The van der Waals surface area contributed by atoms with Crippen molar-refractivity contribution in [2.75, 3.05) is 0 Å². The second-order valence-electron chi connectivity index (χ2n) is 4.07. The highest BCUT2D eigenvalue weighted by Gasteiger charge is 2.19. The first-order valence-corrected chi connectivity index (χ1v) is 5.94. The zero-order valence-corrected chi connectivity index (χ0v) is 11.2. The topological polar surface area (TPSA) is 72.6 Å². The molecule has 2 aromatic rings. The molecular weight excluding hydrogens is 270 g/mol. The number of aromatic carboxylic acids is 1. The van der Waals surface area contributed by atoms with Gasteiger partial charge < -0.3 is 14.4 Å². The summed E-state index contributed by atoms with van der Waals surface area (Å²) in [5.74, 6) is -0.0615. The molecule has 0 aliphatic rings. The summed E-state index contributed by atoms with van der Waals surface area (Å²) in [5.41, 5.74) is 1.18. The van der Waals surface area contributed by atoms with Crippen LogP contribution in [0.2, 0.25) is 5.02 Å². The second-order valence-corrected chi connectivity index (χ2v) is 4.51. The Bertz CT molecular complexity index is 621. The predicted octanol–water partition coefficient (Wildman–Crippen LogP) is 3.22. The van der Waals surface area contributed by atoms with Crippen molar-refractivity contribution in [2.45, 2.75) is 20.5 Å². The first-order valence-electron chi connectivity index (χ1n) is 5.56. The van der Waals surface area contributed by atoms with E-state index in [4.69, 9.17) is 26.0 Å². The van der Waals surface area contributed by atoms with E-state index < -0.39 is 5.97 Å². The van der Waals surface area contributed by atoms with Crippen LogP contribution in [0.1, 0.15) is 27.4 Å². The van der Waals surface area contributed by atoms with E-state index in [2.05, 4.69) is 5.16 Å². The summed E-state index contributed by atoms with van der Waals surface area (Å²) in [6, 6.07) is 5.22. The first-order chi connectivity index (χ1) is 8.99. The summed E-state index contributed by atoms with van der Waals surface area (Å²) in [6.45, 7) is 3.59. The summed E-state index contributed by atoms with van der Waals surface area (Å²) < 4.78 is 10.4. The molecule has 1 aromatic heterocycles. The number of aromatic nitrogens is 1. The van der Waals surface area contributed by atoms with Gasteiger partial charge in [-0.2, -0.15) is 0 Å². The molecule has 0 aliphatic carbocycles. The van der Waals surface area contributed by atoms with E-state index >= 15 is 0 Å². The number of halogens is 1. The number of hydrogen-bond acceptors (Lipinski definition) is 4. The molecule has 0 radical (unpaired) electrons. The maximum absolute atomic E-state index is 11.0. The average Bonchev–Trinajstić information content (AvgIpc) is 2.70. The van der Waals surface area contributed by atoms with Gasteiger partial charge in [0.2, 0.25) is 0 Å². The van der Waals surface area contributed by atoms with Crippen molar-refractivity contribution in [3.63, 3.8) is 0 Å². The number of carboxylic acids is 1. The lowest BCUT2D eigenvalue weighted by atomic mass is 10.2. The van der Waals surface area contributed by atoms with Gasteiger partial charge in [-0.25, -0.2) is 4.79 Å². The van der Waals surface area contributed by atoms with E-state index in [0.717, 1.165) is 5.56 Å². The molecule has 6 heteroatoms. The van der Waals surface area contributed by atoms with E-state index in [1.807, 2.05) is 6.92 Å². The normalized spacial score (nSPS) is 10.5. The van der Waals surface area contributed by atoms with Crippen molar-refractivity contribution in [3.8, 4) is 5.75 Å². The number of carbonyl (C=O) groups is 1. The van der Waals surface area contributed by atoms with Gasteiger partial charge in [0, 0.05) is 5.02 Å². The van der Waals surface area contributed by atoms with Crippen molar-refractivity contribution < 1.29 is 19.2 Å². The molecule has 0 aliphatic heterocycles. The Hall–Kier alpha value is -2.01. The van der Waals surface area contributed by atoms with Gasteiger partial charge in [-0.05, 0) is 37.6 Å². The third kappa shape index (κ3) is 2.88.